The van der Waals surface area contributed by atoms with Crippen molar-refractivity contribution in [3.8, 4) is 0 Å². The van der Waals surface area contributed by atoms with Gasteiger partial charge in [0.1, 0.15) is 6.61 Å². The molecule has 0 aromatic rings. The molecule has 0 saturated heterocycles. The van der Waals surface area contributed by atoms with E-state index in [1.54, 1.807) is 0 Å². The van der Waals surface area contributed by atoms with Gasteiger partial charge in [0, 0.05) is 13.0 Å². The van der Waals surface area contributed by atoms with Crippen LogP contribution in [0.5, 0.6) is 0 Å². The fraction of sp³-hybridized carbons (Fsp3) is 0.750. The van der Waals surface area contributed by atoms with Crippen LogP contribution in [-0.2, 0) is 14.3 Å². The number of primary amides is 1. The van der Waals surface area contributed by atoms with Gasteiger partial charge in [-0.3, -0.25) is 4.79 Å². The van der Waals surface area contributed by atoms with Gasteiger partial charge in [0.2, 0.25) is 0 Å². The normalized spacial score (nSPS) is 9.50. The van der Waals surface area contributed by atoms with Crippen molar-refractivity contribution >= 4 is 12.1 Å². The minimum Gasteiger partial charge on any atom is -0.469 e. The van der Waals surface area contributed by atoms with Crippen LogP contribution in [0.15, 0.2) is 0 Å². The quantitative estimate of drug-likeness (QED) is 0.436. The summed E-state index contributed by atoms with van der Waals surface area (Å²) in [5, 5.41) is 2.98. The van der Waals surface area contributed by atoms with Gasteiger partial charge in [0.25, 0.3) is 0 Å². The highest BCUT2D eigenvalue weighted by atomic mass is 16.5. The van der Waals surface area contributed by atoms with Crippen LogP contribution in [0, 0.1) is 0 Å². The number of hydrogen-bond donors (Lipinski definition) is 2. The molecule has 0 unspecified atom stereocenters. The second kappa shape index (κ2) is 8.31. The zero-order valence-corrected chi connectivity index (χ0v) is 8.25. The molecule has 0 fully saturated rings. The van der Waals surface area contributed by atoms with E-state index in [0.717, 1.165) is 0 Å². The lowest BCUT2D eigenvalue weighted by Crippen LogP contribution is -2.24. The number of esters is 1. The molecule has 0 aliphatic rings. The van der Waals surface area contributed by atoms with Gasteiger partial charge < -0.3 is 20.5 Å². The molecule has 6 nitrogen and oxygen atoms in total. The van der Waals surface area contributed by atoms with Crippen LogP contribution in [0.4, 0.5) is 4.79 Å². The average molecular weight is 204 g/mol. The van der Waals surface area contributed by atoms with Gasteiger partial charge in [-0.05, 0) is 13.0 Å². The smallest absolute Gasteiger partial charge is 0.404 e. The van der Waals surface area contributed by atoms with E-state index in [-0.39, 0.29) is 12.6 Å². The number of amides is 1. The Bertz CT molecular complexity index is 184. The van der Waals surface area contributed by atoms with E-state index in [4.69, 9.17) is 5.73 Å². The van der Waals surface area contributed by atoms with Crippen LogP contribution in [0.25, 0.3) is 0 Å². The third-order valence-corrected chi connectivity index (χ3v) is 1.49. The number of carbonyl (C=O) groups is 2. The number of hydrogen-bond acceptors (Lipinski definition) is 5. The lowest BCUT2D eigenvalue weighted by molar-refractivity contribution is -0.140. The second-order valence-electron chi connectivity index (χ2n) is 2.60. The molecule has 0 rings (SSSR count). The van der Waals surface area contributed by atoms with Crippen LogP contribution >= 0.6 is 0 Å². The first kappa shape index (κ1) is 12.7. The number of rotatable bonds is 7. The number of methoxy groups -OCH3 is 1. The van der Waals surface area contributed by atoms with Crippen molar-refractivity contribution in [1.29, 1.82) is 0 Å². The number of carbonyl (C=O) groups excluding carboxylic acids is 2. The Morgan fingerprint density at radius 3 is 2.64 bits per heavy atom. The Balaban J connectivity index is 3.06. The molecule has 82 valence electrons. The maximum atomic E-state index is 10.7. The molecule has 0 aromatic carbocycles. The minimum atomic E-state index is -0.777. The zero-order chi connectivity index (χ0) is 10.8. The van der Waals surface area contributed by atoms with E-state index >= 15 is 0 Å². The highest BCUT2D eigenvalue weighted by Crippen LogP contribution is 1.89. The summed E-state index contributed by atoms with van der Waals surface area (Å²) in [7, 11) is 1.36. The van der Waals surface area contributed by atoms with Crippen molar-refractivity contribution < 1.29 is 19.1 Å². The number of ether oxygens (including phenoxy) is 2. The molecule has 0 bridgehead atoms. The van der Waals surface area contributed by atoms with Crippen molar-refractivity contribution in [1.82, 2.24) is 5.32 Å². The van der Waals surface area contributed by atoms with E-state index < -0.39 is 6.09 Å². The predicted octanol–water partition coefficient (Wildman–Crippen LogP) is -0.375. The summed E-state index contributed by atoms with van der Waals surface area (Å²) >= 11 is 0. The first-order valence-electron chi connectivity index (χ1n) is 4.36. The van der Waals surface area contributed by atoms with Crippen molar-refractivity contribution in [2.24, 2.45) is 5.73 Å². The summed E-state index contributed by atoms with van der Waals surface area (Å²) in [6.45, 7) is 1.45. The van der Waals surface area contributed by atoms with Gasteiger partial charge >= 0.3 is 12.1 Å². The van der Waals surface area contributed by atoms with E-state index in [1.807, 2.05) is 0 Å². The minimum absolute atomic E-state index is 0.222. The largest absolute Gasteiger partial charge is 0.469 e. The standard InChI is InChI=1S/C8H16N2O4/c1-13-7(11)3-2-4-10-5-6-14-8(9)12/h10H,2-6H2,1H3,(H2,9,12). The molecule has 0 atom stereocenters. The Morgan fingerprint density at radius 2 is 2.07 bits per heavy atom. The monoisotopic (exact) mass is 204 g/mol. The van der Waals surface area contributed by atoms with Crippen LogP contribution in [0.2, 0.25) is 0 Å². The maximum Gasteiger partial charge on any atom is 0.404 e. The third kappa shape index (κ3) is 8.79. The fourth-order valence-electron chi connectivity index (χ4n) is 0.809. The van der Waals surface area contributed by atoms with Crippen LogP contribution in [0.3, 0.4) is 0 Å². The van der Waals surface area contributed by atoms with E-state index in [9.17, 15) is 9.59 Å². The topological polar surface area (TPSA) is 90.7 Å². The van der Waals surface area contributed by atoms with Crippen molar-refractivity contribution in [3.05, 3.63) is 0 Å². The summed E-state index contributed by atoms with van der Waals surface area (Å²) in [6.07, 6.45) is 0.310. The summed E-state index contributed by atoms with van der Waals surface area (Å²) < 4.78 is 8.93. The summed E-state index contributed by atoms with van der Waals surface area (Å²) in [5.74, 6) is -0.222. The summed E-state index contributed by atoms with van der Waals surface area (Å²) in [6, 6.07) is 0. The molecule has 0 aliphatic carbocycles. The number of nitrogens with one attached hydrogen (secondary N) is 1. The first-order valence-corrected chi connectivity index (χ1v) is 4.36. The average Bonchev–Trinajstić information content (AvgIpc) is 2.15. The molecule has 14 heavy (non-hydrogen) atoms. The Kier molecular flexibility index (Phi) is 7.53. The van der Waals surface area contributed by atoms with Crippen molar-refractivity contribution in [2.45, 2.75) is 12.8 Å². The van der Waals surface area contributed by atoms with Crippen molar-refractivity contribution in [2.75, 3.05) is 26.8 Å². The van der Waals surface area contributed by atoms with Crippen LogP contribution < -0.4 is 11.1 Å². The van der Waals surface area contributed by atoms with Gasteiger partial charge in [0.15, 0.2) is 0 Å². The fourth-order valence-corrected chi connectivity index (χ4v) is 0.809. The maximum absolute atomic E-state index is 10.7. The Hall–Kier alpha value is -1.30. The number of nitrogens with two attached hydrogens (primary N) is 1. The molecule has 1 amide bonds. The molecular weight excluding hydrogens is 188 g/mol. The molecule has 0 aliphatic heterocycles. The molecule has 0 radical (unpaired) electrons. The SMILES string of the molecule is COC(=O)CCCNCCOC(N)=O. The van der Waals surface area contributed by atoms with Crippen LogP contribution in [0.1, 0.15) is 12.8 Å². The van der Waals surface area contributed by atoms with Gasteiger partial charge in [0.05, 0.1) is 7.11 Å². The molecule has 3 N–H and O–H groups in total. The molecule has 0 heterocycles. The van der Waals surface area contributed by atoms with E-state index in [2.05, 4.69) is 14.8 Å². The lowest BCUT2D eigenvalue weighted by atomic mass is 10.3. The highest BCUT2D eigenvalue weighted by Gasteiger charge is 1.98. The highest BCUT2D eigenvalue weighted by molar-refractivity contribution is 5.69. The van der Waals surface area contributed by atoms with Gasteiger partial charge in [-0.1, -0.05) is 0 Å². The third-order valence-electron chi connectivity index (χ3n) is 1.49. The first-order chi connectivity index (χ1) is 6.66. The Labute approximate surface area is 82.7 Å². The van der Waals surface area contributed by atoms with Crippen molar-refractivity contribution in [3.63, 3.8) is 0 Å². The lowest BCUT2D eigenvalue weighted by Gasteiger charge is -2.03. The van der Waals surface area contributed by atoms with Crippen LogP contribution in [-0.4, -0.2) is 38.9 Å². The summed E-state index contributed by atoms with van der Waals surface area (Å²) in [5.41, 5.74) is 4.74. The molecule has 0 saturated carbocycles. The Morgan fingerprint density at radius 1 is 1.36 bits per heavy atom. The predicted molar refractivity (Wildman–Crippen MR) is 49.7 cm³/mol. The molecule has 0 aromatic heterocycles. The summed E-state index contributed by atoms with van der Waals surface area (Å²) in [4.78, 5) is 20.8. The van der Waals surface area contributed by atoms with Gasteiger partial charge in [-0.2, -0.15) is 0 Å². The zero-order valence-electron chi connectivity index (χ0n) is 8.25. The van der Waals surface area contributed by atoms with E-state index in [1.165, 1.54) is 7.11 Å². The second-order valence-corrected chi connectivity index (χ2v) is 2.60. The molecule has 6 heteroatoms. The molecular formula is C8H16N2O4. The van der Waals surface area contributed by atoms with Gasteiger partial charge in [-0.15, -0.1) is 0 Å². The molecule has 0 spiro atoms. The van der Waals surface area contributed by atoms with Gasteiger partial charge in [-0.25, -0.2) is 4.79 Å². The van der Waals surface area contributed by atoms with E-state index in [0.29, 0.717) is 25.9 Å².